The number of ether oxygens (including phenoxy) is 1. The minimum atomic E-state index is -4.97. The minimum Gasteiger partial charge on any atom is -0.506 e. The van der Waals surface area contributed by atoms with Crippen LogP contribution in [-0.4, -0.2) is 38.9 Å². The summed E-state index contributed by atoms with van der Waals surface area (Å²) < 4.78 is 47.9. The number of aromatic carboxylic acids is 1. The first-order valence-corrected chi connectivity index (χ1v) is 8.00. The van der Waals surface area contributed by atoms with Crippen molar-refractivity contribution in [3.63, 3.8) is 0 Å². The van der Waals surface area contributed by atoms with Gasteiger partial charge in [-0.2, -0.15) is 13.2 Å². The van der Waals surface area contributed by atoms with Crippen LogP contribution in [0.3, 0.4) is 0 Å². The van der Waals surface area contributed by atoms with Crippen molar-refractivity contribution in [1.29, 1.82) is 0 Å². The third-order valence-electron chi connectivity index (χ3n) is 4.51. The van der Waals surface area contributed by atoms with Crippen LogP contribution in [0.15, 0.2) is 36.4 Å². The van der Waals surface area contributed by atoms with Crippen molar-refractivity contribution in [2.45, 2.75) is 12.2 Å². The van der Waals surface area contributed by atoms with Crippen LogP contribution >= 0.6 is 0 Å². The second-order valence-electron chi connectivity index (χ2n) is 6.17. The van der Waals surface area contributed by atoms with Gasteiger partial charge < -0.3 is 19.5 Å². The summed E-state index contributed by atoms with van der Waals surface area (Å²) in [5.74, 6) is -2.97. The van der Waals surface area contributed by atoms with Gasteiger partial charge in [-0.05, 0) is 24.3 Å². The number of hydrogen-bond donors (Lipinski definition) is 2. The Morgan fingerprint density at radius 2 is 1.89 bits per heavy atom. The zero-order valence-electron chi connectivity index (χ0n) is 13.7. The zero-order chi connectivity index (χ0) is 19.3. The van der Waals surface area contributed by atoms with Gasteiger partial charge in [-0.25, -0.2) is 9.78 Å². The van der Waals surface area contributed by atoms with E-state index in [2.05, 4.69) is 4.98 Å². The van der Waals surface area contributed by atoms with Crippen LogP contribution in [0.1, 0.15) is 22.0 Å². The minimum absolute atomic E-state index is 0.00376. The van der Waals surface area contributed by atoms with Crippen molar-refractivity contribution in [2.75, 3.05) is 13.2 Å². The van der Waals surface area contributed by atoms with E-state index in [9.17, 15) is 23.1 Å². The van der Waals surface area contributed by atoms with E-state index in [0.717, 1.165) is 12.1 Å². The van der Waals surface area contributed by atoms with Crippen LogP contribution in [-0.2, 0) is 10.9 Å². The van der Waals surface area contributed by atoms with Gasteiger partial charge in [-0.3, -0.25) is 0 Å². The molecule has 1 saturated heterocycles. The number of carbonyl (C=O) groups is 1. The molecule has 2 aromatic carbocycles. The summed E-state index contributed by atoms with van der Waals surface area (Å²) in [7, 11) is 0. The van der Waals surface area contributed by atoms with E-state index in [0.29, 0.717) is 24.2 Å². The van der Waals surface area contributed by atoms with Gasteiger partial charge in [0.2, 0.25) is 0 Å². The molecule has 0 spiro atoms. The number of rotatable bonds is 3. The predicted molar refractivity (Wildman–Crippen MR) is 88.7 cm³/mol. The molecule has 1 aliphatic heterocycles. The fraction of sp³-hybridized carbons (Fsp3) is 0.222. The number of halogens is 3. The molecular weight excluding hydrogens is 365 g/mol. The third kappa shape index (κ3) is 2.71. The highest BCUT2D eigenvalue weighted by atomic mass is 19.4. The number of para-hydroxylation sites is 2. The first kappa shape index (κ1) is 17.3. The molecule has 0 atom stereocenters. The standard InChI is InChI=1S/C18H13F3N2O4/c19-18(20,21)14-10(5-6-11(15(14)24)17(25)26)16-22-12-3-1-2-4-13(12)23(16)9-7-27-8-9/h1-6,9,24H,7-8H2,(H,25,26). The van der Waals surface area contributed by atoms with Crippen LogP contribution in [0.2, 0.25) is 0 Å². The molecule has 1 fully saturated rings. The van der Waals surface area contributed by atoms with E-state index in [1.165, 1.54) is 0 Å². The topological polar surface area (TPSA) is 84.6 Å². The number of fused-ring (bicyclic) bond motifs is 1. The highest BCUT2D eigenvalue weighted by Crippen LogP contribution is 2.45. The smallest absolute Gasteiger partial charge is 0.420 e. The second kappa shape index (κ2) is 5.98. The molecule has 6 nitrogen and oxygen atoms in total. The Bertz CT molecular complexity index is 1050. The van der Waals surface area contributed by atoms with E-state index in [1.807, 2.05) is 0 Å². The predicted octanol–water partition coefficient (Wildman–Crippen LogP) is 3.70. The molecular formula is C18H13F3N2O4. The lowest BCUT2D eigenvalue weighted by Gasteiger charge is -2.30. The van der Waals surface area contributed by atoms with E-state index in [-0.39, 0.29) is 17.4 Å². The third-order valence-corrected chi connectivity index (χ3v) is 4.51. The summed E-state index contributed by atoms with van der Waals surface area (Å²) in [5.41, 5.74) is -1.49. The average molecular weight is 378 g/mol. The first-order chi connectivity index (χ1) is 12.8. The molecule has 0 bridgehead atoms. The Kier molecular flexibility index (Phi) is 3.84. The Labute approximate surface area is 150 Å². The van der Waals surface area contributed by atoms with Gasteiger partial charge >= 0.3 is 12.1 Å². The Morgan fingerprint density at radius 1 is 1.19 bits per heavy atom. The summed E-state index contributed by atoms with van der Waals surface area (Å²) in [4.78, 5) is 15.5. The van der Waals surface area contributed by atoms with Gasteiger partial charge in [0.05, 0.1) is 30.3 Å². The van der Waals surface area contributed by atoms with Crippen LogP contribution < -0.4 is 0 Å². The normalized spacial score (nSPS) is 15.1. The molecule has 0 saturated carbocycles. The van der Waals surface area contributed by atoms with Gasteiger partial charge in [-0.15, -0.1) is 0 Å². The van der Waals surface area contributed by atoms with Crippen molar-refractivity contribution < 1.29 is 32.9 Å². The Morgan fingerprint density at radius 3 is 2.48 bits per heavy atom. The van der Waals surface area contributed by atoms with Crippen molar-refractivity contribution in [3.8, 4) is 17.1 Å². The number of carboxylic acid groups (broad SMARTS) is 1. The van der Waals surface area contributed by atoms with Crippen molar-refractivity contribution >= 4 is 17.0 Å². The molecule has 27 heavy (non-hydrogen) atoms. The number of benzene rings is 2. The number of aromatic hydroxyl groups is 1. The van der Waals surface area contributed by atoms with Crippen LogP contribution in [0.4, 0.5) is 13.2 Å². The molecule has 140 valence electrons. The van der Waals surface area contributed by atoms with E-state index in [1.54, 1.807) is 28.8 Å². The highest BCUT2D eigenvalue weighted by Gasteiger charge is 2.40. The molecule has 0 radical (unpaired) electrons. The molecule has 2 heterocycles. The number of hydrogen-bond acceptors (Lipinski definition) is 4. The van der Waals surface area contributed by atoms with E-state index < -0.39 is 29.0 Å². The van der Waals surface area contributed by atoms with Crippen molar-refractivity contribution in [3.05, 3.63) is 47.5 Å². The van der Waals surface area contributed by atoms with Crippen LogP contribution in [0.25, 0.3) is 22.4 Å². The Hall–Kier alpha value is -3.07. The van der Waals surface area contributed by atoms with Crippen LogP contribution in [0, 0.1) is 0 Å². The molecule has 2 N–H and O–H groups in total. The maximum absolute atomic E-state index is 13.7. The fourth-order valence-corrected chi connectivity index (χ4v) is 3.21. The average Bonchev–Trinajstić information content (AvgIpc) is 2.91. The monoisotopic (exact) mass is 378 g/mol. The molecule has 0 aliphatic carbocycles. The van der Waals surface area contributed by atoms with Crippen molar-refractivity contribution in [1.82, 2.24) is 9.55 Å². The lowest BCUT2D eigenvalue weighted by molar-refractivity contribution is -0.138. The highest BCUT2D eigenvalue weighted by molar-refractivity contribution is 5.93. The molecule has 0 amide bonds. The van der Waals surface area contributed by atoms with Gasteiger partial charge in [0, 0.05) is 5.56 Å². The van der Waals surface area contributed by atoms with Crippen molar-refractivity contribution in [2.24, 2.45) is 0 Å². The quantitative estimate of drug-likeness (QED) is 0.726. The van der Waals surface area contributed by atoms with Crippen LogP contribution in [0.5, 0.6) is 5.75 Å². The number of phenols is 1. The van der Waals surface area contributed by atoms with Gasteiger partial charge in [0.15, 0.2) is 0 Å². The van der Waals surface area contributed by atoms with Gasteiger partial charge in [0.25, 0.3) is 0 Å². The summed E-state index contributed by atoms with van der Waals surface area (Å²) >= 11 is 0. The largest absolute Gasteiger partial charge is 0.506 e. The van der Waals surface area contributed by atoms with E-state index in [4.69, 9.17) is 9.84 Å². The fourth-order valence-electron chi connectivity index (χ4n) is 3.21. The number of aromatic nitrogens is 2. The number of nitrogens with zero attached hydrogens (tertiary/aromatic N) is 2. The lowest BCUT2D eigenvalue weighted by atomic mass is 10.0. The summed E-state index contributed by atoms with van der Waals surface area (Å²) in [6.45, 7) is 0.655. The van der Waals surface area contributed by atoms with Gasteiger partial charge in [0.1, 0.15) is 22.7 Å². The SMILES string of the molecule is O=C(O)c1ccc(-c2nc3ccccc3n2C2COC2)c(C(F)(F)F)c1O. The van der Waals surface area contributed by atoms with E-state index >= 15 is 0 Å². The molecule has 0 unspecified atom stereocenters. The molecule has 1 aromatic heterocycles. The first-order valence-electron chi connectivity index (χ1n) is 8.00. The zero-order valence-corrected chi connectivity index (χ0v) is 13.7. The maximum atomic E-state index is 13.7. The summed E-state index contributed by atoms with van der Waals surface area (Å²) in [6, 6.07) is 8.66. The molecule has 4 rings (SSSR count). The second-order valence-corrected chi connectivity index (χ2v) is 6.17. The summed E-state index contributed by atoms with van der Waals surface area (Å²) in [6.07, 6.45) is -4.97. The maximum Gasteiger partial charge on any atom is 0.420 e. The number of imidazole rings is 1. The summed E-state index contributed by atoms with van der Waals surface area (Å²) in [5, 5.41) is 19.1. The number of alkyl halides is 3. The van der Waals surface area contributed by atoms with Gasteiger partial charge in [-0.1, -0.05) is 12.1 Å². The molecule has 9 heteroatoms. The lowest BCUT2D eigenvalue weighted by Crippen LogP contribution is -2.31. The molecule has 1 aliphatic rings. The Balaban J connectivity index is 2.04. The molecule has 3 aromatic rings. The number of carboxylic acids is 1.